The third kappa shape index (κ3) is 2.14. The third-order valence-corrected chi connectivity index (χ3v) is 5.73. The number of aliphatic hydroxyl groups is 2. The number of Topliss-reactive ketones (excluding diaryl/α,β-unsaturated/α-hetero) is 3. The summed E-state index contributed by atoms with van der Waals surface area (Å²) in [4.78, 5) is 37.4. The smallest absolute Gasteiger partial charge is 0.196 e. The average Bonchev–Trinajstić information content (AvgIpc) is 2.53. The maximum absolute atomic E-state index is 12.9. The Morgan fingerprint density at radius 3 is 2.54 bits per heavy atom. The van der Waals surface area contributed by atoms with Crippen LogP contribution in [0.5, 0.6) is 5.75 Å². The molecule has 0 saturated heterocycles. The number of carbonyl (C=O) groups is 3. The molecule has 0 heterocycles. The fourth-order valence-corrected chi connectivity index (χ4v) is 4.69. The number of phenolic OH excluding ortho intramolecular Hbond substituents is 1. The molecule has 0 aliphatic heterocycles. The number of hydrogen-bond donors (Lipinski definition) is 3. The van der Waals surface area contributed by atoms with Crippen LogP contribution in [0.15, 0.2) is 40.9 Å². The monoisotopic (exact) mass is 354 g/mol. The fraction of sp³-hybridized carbons (Fsp3) is 0.350. The van der Waals surface area contributed by atoms with Crippen molar-refractivity contribution in [2.24, 2.45) is 17.8 Å². The molecule has 0 radical (unpaired) electrons. The molecule has 4 rings (SSSR count). The highest BCUT2D eigenvalue weighted by molar-refractivity contribution is 6.22. The second kappa shape index (κ2) is 5.56. The van der Waals surface area contributed by atoms with Crippen LogP contribution in [-0.4, -0.2) is 32.7 Å². The number of allylic oxidation sites excluding steroid dienone is 4. The van der Waals surface area contributed by atoms with Gasteiger partial charge in [-0.25, -0.2) is 0 Å². The quantitative estimate of drug-likeness (QED) is 0.668. The van der Waals surface area contributed by atoms with Gasteiger partial charge in [0.15, 0.2) is 17.3 Å². The molecule has 0 bridgehead atoms. The van der Waals surface area contributed by atoms with Crippen molar-refractivity contribution in [2.75, 3.05) is 0 Å². The van der Waals surface area contributed by atoms with Gasteiger partial charge in [-0.2, -0.15) is 0 Å². The lowest BCUT2D eigenvalue weighted by molar-refractivity contribution is -0.125. The molecule has 0 aromatic heterocycles. The summed E-state index contributed by atoms with van der Waals surface area (Å²) in [6, 6.07) is 4.85. The van der Waals surface area contributed by atoms with Gasteiger partial charge in [0.1, 0.15) is 17.3 Å². The van der Waals surface area contributed by atoms with Crippen molar-refractivity contribution >= 4 is 17.3 Å². The summed E-state index contributed by atoms with van der Waals surface area (Å²) in [5.74, 6) is -3.99. The molecule has 26 heavy (non-hydrogen) atoms. The molecule has 134 valence electrons. The molecule has 1 aromatic carbocycles. The van der Waals surface area contributed by atoms with Crippen LogP contribution in [0.25, 0.3) is 0 Å². The van der Waals surface area contributed by atoms with E-state index in [9.17, 15) is 29.7 Å². The first-order valence-electron chi connectivity index (χ1n) is 8.57. The Balaban J connectivity index is 1.85. The normalized spacial score (nSPS) is 27.8. The highest BCUT2D eigenvalue weighted by Crippen LogP contribution is 2.49. The Morgan fingerprint density at radius 2 is 1.85 bits per heavy atom. The van der Waals surface area contributed by atoms with Crippen molar-refractivity contribution in [3.05, 3.63) is 52.0 Å². The molecular weight excluding hydrogens is 336 g/mol. The Morgan fingerprint density at radius 1 is 1.12 bits per heavy atom. The van der Waals surface area contributed by atoms with Crippen LogP contribution in [0.4, 0.5) is 0 Å². The number of phenols is 1. The fourth-order valence-electron chi connectivity index (χ4n) is 4.69. The van der Waals surface area contributed by atoms with Gasteiger partial charge in [-0.05, 0) is 43.2 Å². The second-order valence-electron chi connectivity index (χ2n) is 7.26. The van der Waals surface area contributed by atoms with Gasteiger partial charge in [-0.3, -0.25) is 14.4 Å². The van der Waals surface area contributed by atoms with Gasteiger partial charge in [-0.15, -0.1) is 0 Å². The molecule has 6 nitrogen and oxygen atoms in total. The molecule has 6 heteroatoms. The van der Waals surface area contributed by atoms with Gasteiger partial charge in [0.2, 0.25) is 0 Å². The predicted molar refractivity (Wildman–Crippen MR) is 90.8 cm³/mol. The summed E-state index contributed by atoms with van der Waals surface area (Å²) < 4.78 is 0. The zero-order chi connectivity index (χ0) is 18.7. The Hall–Kier alpha value is -2.89. The van der Waals surface area contributed by atoms with Gasteiger partial charge >= 0.3 is 0 Å². The van der Waals surface area contributed by atoms with E-state index in [1.54, 1.807) is 12.1 Å². The SMILES string of the molecule is CC(=O)C1=C(O)CC2CC3Cc4cccc(O)c4C(=O)C3=C(O)C2C1=O. The molecule has 1 aromatic rings. The minimum absolute atomic E-state index is 0.125. The van der Waals surface area contributed by atoms with E-state index in [0.717, 1.165) is 0 Å². The maximum Gasteiger partial charge on any atom is 0.196 e. The maximum atomic E-state index is 12.9. The van der Waals surface area contributed by atoms with Crippen LogP contribution in [0.3, 0.4) is 0 Å². The lowest BCUT2D eigenvalue weighted by Gasteiger charge is -2.40. The molecule has 3 N–H and O–H groups in total. The van der Waals surface area contributed by atoms with Crippen molar-refractivity contribution in [3.63, 3.8) is 0 Å². The molecular formula is C20H18O6. The predicted octanol–water partition coefficient (Wildman–Crippen LogP) is 2.57. The van der Waals surface area contributed by atoms with Crippen LogP contribution in [-0.2, 0) is 16.0 Å². The Labute approximate surface area is 149 Å². The van der Waals surface area contributed by atoms with Gasteiger partial charge in [-0.1, -0.05) is 12.1 Å². The van der Waals surface area contributed by atoms with Crippen LogP contribution in [0.1, 0.15) is 35.7 Å². The van der Waals surface area contributed by atoms with E-state index in [1.807, 2.05) is 0 Å². The van der Waals surface area contributed by atoms with E-state index >= 15 is 0 Å². The molecule has 0 fully saturated rings. The topological polar surface area (TPSA) is 112 Å². The summed E-state index contributed by atoms with van der Waals surface area (Å²) in [7, 11) is 0. The first kappa shape index (κ1) is 16.6. The minimum atomic E-state index is -0.993. The van der Waals surface area contributed by atoms with Crippen LogP contribution in [0.2, 0.25) is 0 Å². The zero-order valence-corrected chi connectivity index (χ0v) is 14.2. The van der Waals surface area contributed by atoms with Crippen molar-refractivity contribution < 1.29 is 29.7 Å². The lowest BCUT2D eigenvalue weighted by Crippen LogP contribution is -2.42. The summed E-state index contributed by atoms with van der Waals surface area (Å²) in [5.41, 5.74) is 0.736. The molecule has 3 atom stereocenters. The summed E-state index contributed by atoms with van der Waals surface area (Å²) in [6.07, 6.45) is 1.04. The minimum Gasteiger partial charge on any atom is -0.511 e. The van der Waals surface area contributed by atoms with E-state index < -0.39 is 23.3 Å². The number of aliphatic hydroxyl groups excluding tert-OH is 2. The first-order valence-corrected chi connectivity index (χ1v) is 8.57. The molecule has 3 aliphatic carbocycles. The van der Waals surface area contributed by atoms with Gasteiger partial charge in [0, 0.05) is 12.0 Å². The molecule has 0 amide bonds. The van der Waals surface area contributed by atoms with E-state index in [4.69, 9.17) is 0 Å². The standard InChI is InChI=1S/C20H18O6/c1-8(21)14-13(23)7-11-6-10-5-9-3-2-4-12(22)15(9)19(25)16(10)20(26)17(11)18(14)24/h2-4,10-11,17,22-23,26H,5-7H2,1H3. The summed E-state index contributed by atoms with van der Waals surface area (Å²) in [5, 5.41) is 31.0. The molecule has 0 saturated carbocycles. The van der Waals surface area contributed by atoms with E-state index in [2.05, 4.69) is 0 Å². The Bertz CT molecular complexity index is 936. The largest absolute Gasteiger partial charge is 0.511 e. The first-order chi connectivity index (χ1) is 12.3. The number of benzene rings is 1. The number of hydrogen-bond acceptors (Lipinski definition) is 6. The van der Waals surface area contributed by atoms with Gasteiger partial charge in [0.25, 0.3) is 0 Å². The van der Waals surface area contributed by atoms with Crippen molar-refractivity contribution in [1.29, 1.82) is 0 Å². The van der Waals surface area contributed by atoms with E-state index in [0.29, 0.717) is 18.4 Å². The van der Waals surface area contributed by atoms with E-state index in [1.165, 1.54) is 13.0 Å². The van der Waals surface area contributed by atoms with Crippen molar-refractivity contribution in [1.82, 2.24) is 0 Å². The lowest BCUT2D eigenvalue weighted by atomic mass is 9.62. The highest BCUT2D eigenvalue weighted by Gasteiger charge is 2.49. The van der Waals surface area contributed by atoms with Crippen molar-refractivity contribution in [3.8, 4) is 5.75 Å². The van der Waals surface area contributed by atoms with Crippen molar-refractivity contribution in [2.45, 2.75) is 26.2 Å². The number of rotatable bonds is 1. The number of aromatic hydroxyl groups is 1. The highest BCUT2D eigenvalue weighted by atomic mass is 16.3. The third-order valence-electron chi connectivity index (χ3n) is 5.73. The zero-order valence-electron chi connectivity index (χ0n) is 14.2. The molecule has 0 spiro atoms. The van der Waals surface area contributed by atoms with Gasteiger partial charge < -0.3 is 15.3 Å². The second-order valence-corrected chi connectivity index (χ2v) is 7.26. The van der Waals surface area contributed by atoms with Gasteiger partial charge in [0.05, 0.1) is 17.1 Å². The average molecular weight is 354 g/mol. The van der Waals surface area contributed by atoms with Crippen LogP contribution >= 0.6 is 0 Å². The van der Waals surface area contributed by atoms with E-state index in [-0.39, 0.29) is 52.2 Å². The number of ketones is 3. The molecule has 3 unspecified atom stereocenters. The van der Waals surface area contributed by atoms with Crippen LogP contribution in [0, 0.1) is 17.8 Å². The summed E-state index contributed by atoms with van der Waals surface area (Å²) >= 11 is 0. The van der Waals surface area contributed by atoms with Crippen LogP contribution < -0.4 is 0 Å². The number of fused-ring (bicyclic) bond motifs is 3. The molecule has 3 aliphatic rings. The summed E-state index contributed by atoms with van der Waals surface area (Å²) in [6.45, 7) is 1.19. The Kier molecular flexibility index (Phi) is 3.54. The number of carbonyl (C=O) groups excluding carboxylic acids is 3.